The van der Waals surface area contributed by atoms with Gasteiger partial charge in [0.15, 0.2) is 0 Å². The number of rotatable bonds is 9. The molecule has 7 nitrogen and oxygen atoms in total. The first-order valence-electron chi connectivity index (χ1n) is 9.30. The highest BCUT2D eigenvalue weighted by Crippen LogP contribution is 2.31. The topological polar surface area (TPSA) is 69.1 Å². The average Bonchev–Trinajstić information content (AvgIpc) is 3.19. The maximum Gasteiger partial charge on any atom is 0.286 e. The van der Waals surface area contributed by atoms with E-state index in [1.54, 1.807) is 7.11 Å². The van der Waals surface area contributed by atoms with Gasteiger partial charge in [-0.1, -0.05) is 0 Å². The number of benzene rings is 1. The van der Waals surface area contributed by atoms with Gasteiger partial charge in [-0.25, -0.2) is 23.7 Å². The molecule has 0 radical (unpaired) electrons. The number of aromatic nitrogens is 2. The molecule has 0 saturated carbocycles. The lowest BCUT2D eigenvalue weighted by molar-refractivity contribution is -0.0346. The molecule has 0 saturated heterocycles. The van der Waals surface area contributed by atoms with E-state index in [9.17, 15) is 8.78 Å². The molecule has 29 heavy (non-hydrogen) atoms. The van der Waals surface area contributed by atoms with Crippen molar-refractivity contribution >= 4 is 12.0 Å². The molecule has 0 aliphatic carbocycles. The summed E-state index contributed by atoms with van der Waals surface area (Å²) in [6, 6.07) is 7.49. The van der Waals surface area contributed by atoms with Gasteiger partial charge in [0.2, 0.25) is 6.23 Å². The quantitative estimate of drug-likeness (QED) is 0.593. The number of nitrogens with zero attached hydrogens (tertiary/aromatic N) is 4. The zero-order chi connectivity index (χ0) is 20.8. The van der Waals surface area contributed by atoms with E-state index in [-0.39, 0.29) is 0 Å². The monoisotopic (exact) mass is 406 g/mol. The summed E-state index contributed by atoms with van der Waals surface area (Å²) in [5.41, 5.74) is 4.11. The summed E-state index contributed by atoms with van der Waals surface area (Å²) in [6.07, 6.45) is -1.31. The van der Waals surface area contributed by atoms with Crippen LogP contribution in [0.15, 0.2) is 29.3 Å². The summed E-state index contributed by atoms with van der Waals surface area (Å²) in [6.45, 7) is 4.78. The third-order valence-corrected chi connectivity index (χ3v) is 4.35. The van der Waals surface area contributed by atoms with Gasteiger partial charge in [0.1, 0.15) is 12.1 Å². The number of methoxy groups -OCH3 is 1. The van der Waals surface area contributed by atoms with E-state index < -0.39 is 12.7 Å². The largest absolute Gasteiger partial charge is 0.493 e. The number of hydrogen-bond acceptors (Lipinski definition) is 7. The molecule has 2 aromatic rings. The molecule has 1 aliphatic rings. The molecule has 0 spiro atoms. The van der Waals surface area contributed by atoms with Crippen LogP contribution in [-0.4, -0.2) is 42.9 Å². The molecule has 0 fully saturated rings. The van der Waals surface area contributed by atoms with E-state index in [1.807, 2.05) is 38.1 Å². The normalized spacial score (nSPS) is 16.1. The fourth-order valence-corrected chi connectivity index (χ4v) is 2.99. The van der Waals surface area contributed by atoms with Crippen LogP contribution in [0.2, 0.25) is 0 Å². The molecule has 2 heterocycles. The van der Waals surface area contributed by atoms with Crippen molar-refractivity contribution in [3.8, 4) is 5.75 Å². The van der Waals surface area contributed by atoms with Gasteiger partial charge >= 0.3 is 0 Å². The molecule has 1 atom stereocenters. The second-order valence-corrected chi connectivity index (χ2v) is 6.73. The first kappa shape index (κ1) is 21.1. The predicted octanol–water partition coefficient (Wildman–Crippen LogP) is 3.62. The fourth-order valence-electron chi connectivity index (χ4n) is 2.99. The molecule has 1 aromatic carbocycles. The van der Waals surface area contributed by atoms with Crippen LogP contribution >= 0.6 is 0 Å². The fraction of sp³-hybridized carbons (Fsp3) is 0.450. The third-order valence-electron chi connectivity index (χ3n) is 4.35. The summed E-state index contributed by atoms with van der Waals surface area (Å²) in [7, 11) is 1.62. The van der Waals surface area contributed by atoms with Crippen molar-refractivity contribution in [1.82, 2.24) is 10.2 Å². The lowest BCUT2D eigenvalue weighted by Gasteiger charge is -2.19. The van der Waals surface area contributed by atoms with Crippen LogP contribution in [0.4, 0.5) is 14.5 Å². The minimum atomic E-state index is -2.66. The van der Waals surface area contributed by atoms with Crippen LogP contribution in [0.3, 0.4) is 0 Å². The number of aryl methyl sites for hydroxylation is 3. The van der Waals surface area contributed by atoms with Crippen molar-refractivity contribution < 1.29 is 23.1 Å². The Morgan fingerprint density at radius 2 is 1.83 bits per heavy atom. The van der Waals surface area contributed by atoms with Crippen molar-refractivity contribution in [3.63, 3.8) is 0 Å². The molecule has 9 heteroatoms. The van der Waals surface area contributed by atoms with Crippen LogP contribution in [0.1, 0.15) is 28.9 Å². The van der Waals surface area contributed by atoms with Gasteiger partial charge in [-0.05, 0) is 62.1 Å². The number of aliphatic imine (C=N–C) groups is 1. The standard InChI is InChI=1S/C20H24F2N4O3/c1-13-9-17(26-12-23-20(29-26)19(21)22)10-14(2)18(13)28-8-4-5-15-6-7-16(11-27-3)25-24-15/h6-7,9-10,12,19-20H,4-5,8,11H2,1-3H3. The SMILES string of the molecule is COCc1ccc(CCCOc2c(C)cc(N3C=NC(C(F)F)O3)cc2C)nn1. The number of anilines is 1. The Hall–Kier alpha value is -2.65. The zero-order valence-corrected chi connectivity index (χ0v) is 16.6. The Kier molecular flexibility index (Phi) is 7.05. The van der Waals surface area contributed by atoms with E-state index in [4.69, 9.17) is 14.3 Å². The Morgan fingerprint density at radius 1 is 1.14 bits per heavy atom. The molecule has 0 N–H and O–H groups in total. The summed E-state index contributed by atoms with van der Waals surface area (Å²) in [5.74, 6) is 0.775. The van der Waals surface area contributed by atoms with E-state index in [0.717, 1.165) is 41.1 Å². The lowest BCUT2D eigenvalue weighted by Crippen LogP contribution is -2.24. The van der Waals surface area contributed by atoms with E-state index >= 15 is 0 Å². The maximum atomic E-state index is 12.7. The van der Waals surface area contributed by atoms with Crippen LogP contribution in [0.25, 0.3) is 0 Å². The Labute approximate surface area is 168 Å². The smallest absolute Gasteiger partial charge is 0.286 e. The third kappa shape index (κ3) is 5.45. The van der Waals surface area contributed by atoms with E-state index in [1.165, 1.54) is 11.4 Å². The molecular formula is C20H24F2N4O3. The first-order valence-corrected chi connectivity index (χ1v) is 9.30. The molecule has 1 aliphatic heterocycles. The van der Waals surface area contributed by atoms with Gasteiger partial charge in [-0.3, -0.25) is 0 Å². The van der Waals surface area contributed by atoms with Crippen LogP contribution in [0.5, 0.6) is 5.75 Å². The van der Waals surface area contributed by atoms with E-state index in [2.05, 4.69) is 15.2 Å². The Morgan fingerprint density at radius 3 is 2.41 bits per heavy atom. The number of alkyl halides is 2. The van der Waals surface area contributed by atoms with Crippen molar-refractivity contribution in [2.45, 2.75) is 45.9 Å². The Bertz CT molecular complexity index is 823. The van der Waals surface area contributed by atoms with Gasteiger partial charge in [0, 0.05) is 7.11 Å². The molecular weight excluding hydrogens is 382 g/mol. The van der Waals surface area contributed by atoms with E-state index in [0.29, 0.717) is 18.9 Å². The summed E-state index contributed by atoms with van der Waals surface area (Å²) >= 11 is 0. The molecule has 3 rings (SSSR count). The zero-order valence-electron chi connectivity index (χ0n) is 16.6. The second kappa shape index (κ2) is 9.71. The summed E-state index contributed by atoms with van der Waals surface area (Å²) < 4.78 is 36.4. The summed E-state index contributed by atoms with van der Waals surface area (Å²) in [5, 5.41) is 9.54. The van der Waals surface area contributed by atoms with Gasteiger partial charge in [0.25, 0.3) is 6.43 Å². The minimum absolute atomic E-state index is 0.446. The molecule has 1 aromatic heterocycles. The van der Waals surface area contributed by atoms with Gasteiger partial charge in [0.05, 0.1) is 30.3 Å². The Balaban J connectivity index is 1.53. The maximum absolute atomic E-state index is 12.7. The predicted molar refractivity (Wildman–Crippen MR) is 104 cm³/mol. The molecule has 1 unspecified atom stereocenters. The first-order chi connectivity index (χ1) is 14.0. The second-order valence-electron chi connectivity index (χ2n) is 6.73. The van der Waals surface area contributed by atoms with Crippen LogP contribution < -0.4 is 9.80 Å². The van der Waals surface area contributed by atoms with Gasteiger partial charge in [-0.2, -0.15) is 10.2 Å². The van der Waals surface area contributed by atoms with Crippen molar-refractivity contribution in [2.24, 2.45) is 4.99 Å². The number of hydrogen-bond donors (Lipinski definition) is 0. The van der Waals surface area contributed by atoms with Crippen molar-refractivity contribution in [2.75, 3.05) is 18.8 Å². The molecule has 0 amide bonds. The van der Waals surface area contributed by atoms with Gasteiger partial charge in [-0.15, -0.1) is 0 Å². The highest BCUT2D eigenvalue weighted by atomic mass is 19.3. The summed E-state index contributed by atoms with van der Waals surface area (Å²) in [4.78, 5) is 8.79. The van der Waals surface area contributed by atoms with Crippen LogP contribution in [-0.2, 0) is 22.6 Å². The van der Waals surface area contributed by atoms with Crippen molar-refractivity contribution in [1.29, 1.82) is 0 Å². The van der Waals surface area contributed by atoms with Crippen molar-refractivity contribution in [3.05, 3.63) is 46.8 Å². The van der Waals surface area contributed by atoms with Gasteiger partial charge < -0.3 is 9.47 Å². The minimum Gasteiger partial charge on any atom is -0.493 e. The number of hydroxylamine groups is 1. The number of halogens is 2. The molecule has 156 valence electrons. The average molecular weight is 406 g/mol. The highest BCUT2D eigenvalue weighted by molar-refractivity contribution is 5.79. The number of ether oxygens (including phenoxy) is 2. The highest BCUT2D eigenvalue weighted by Gasteiger charge is 2.28. The van der Waals surface area contributed by atoms with Crippen LogP contribution in [0, 0.1) is 13.8 Å². The lowest BCUT2D eigenvalue weighted by atomic mass is 10.1. The molecule has 0 bridgehead atoms.